The molecule has 0 spiro atoms. The molecule has 0 bridgehead atoms. The summed E-state index contributed by atoms with van der Waals surface area (Å²) in [6.07, 6.45) is 0.360. The van der Waals surface area contributed by atoms with E-state index in [-0.39, 0.29) is 6.03 Å². The van der Waals surface area contributed by atoms with Crippen LogP contribution in [0, 0.1) is 6.92 Å². The maximum atomic E-state index is 11.9. The number of aliphatic carboxylic acids is 1. The fourth-order valence-corrected chi connectivity index (χ4v) is 1.71. The van der Waals surface area contributed by atoms with Crippen molar-refractivity contribution in [1.82, 2.24) is 10.2 Å². The van der Waals surface area contributed by atoms with Crippen LogP contribution in [0.5, 0.6) is 0 Å². The highest BCUT2D eigenvalue weighted by atomic mass is 16.4. The number of aryl methyl sites for hydroxylation is 1. The van der Waals surface area contributed by atoms with Crippen LogP contribution in [0.2, 0.25) is 0 Å². The third kappa shape index (κ3) is 4.28. The summed E-state index contributed by atoms with van der Waals surface area (Å²) in [6, 6.07) is 6.57. The van der Waals surface area contributed by atoms with Crippen molar-refractivity contribution in [2.45, 2.75) is 32.9 Å². The van der Waals surface area contributed by atoms with Gasteiger partial charge in [-0.15, -0.1) is 0 Å². The molecule has 5 nitrogen and oxygen atoms in total. The Morgan fingerprint density at radius 2 is 2.00 bits per heavy atom. The quantitative estimate of drug-likeness (QED) is 0.854. The number of nitrogens with one attached hydrogen (secondary N) is 1. The van der Waals surface area contributed by atoms with E-state index in [1.165, 1.54) is 4.90 Å². The number of carboxylic acid groups (broad SMARTS) is 1. The molecule has 5 heteroatoms. The lowest BCUT2D eigenvalue weighted by Gasteiger charge is -2.21. The fraction of sp³-hybridized carbons (Fsp3) is 0.429. The summed E-state index contributed by atoms with van der Waals surface area (Å²) in [5, 5.41) is 11.4. The first-order chi connectivity index (χ1) is 8.95. The standard InChI is InChI=1S/C14H20N2O3/c1-4-12(13(17)18)15-14(19)16(3)9-11-8-6-5-7-10(11)2/h5-8,12H,4,9H2,1-3H3,(H,15,19)(H,17,18). The van der Waals surface area contributed by atoms with E-state index in [1.807, 2.05) is 31.2 Å². The third-order valence-corrected chi connectivity index (χ3v) is 3.02. The Morgan fingerprint density at radius 3 is 2.53 bits per heavy atom. The Hall–Kier alpha value is -2.04. The van der Waals surface area contributed by atoms with Gasteiger partial charge in [0.25, 0.3) is 0 Å². The molecule has 2 amide bonds. The summed E-state index contributed by atoms with van der Waals surface area (Å²) in [5.41, 5.74) is 2.15. The molecule has 0 aliphatic rings. The maximum absolute atomic E-state index is 11.9. The van der Waals surface area contributed by atoms with Crippen molar-refractivity contribution in [3.8, 4) is 0 Å². The molecular formula is C14H20N2O3. The highest BCUT2D eigenvalue weighted by Crippen LogP contribution is 2.09. The Labute approximate surface area is 113 Å². The van der Waals surface area contributed by atoms with Crippen LogP contribution in [0.3, 0.4) is 0 Å². The average molecular weight is 264 g/mol. The first-order valence-electron chi connectivity index (χ1n) is 6.24. The molecule has 1 aromatic rings. The van der Waals surface area contributed by atoms with Gasteiger partial charge in [-0.2, -0.15) is 0 Å². The second-order valence-corrected chi connectivity index (χ2v) is 4.53. The zero-order chi connectivity index (χ0) is 14.4. The SMILES string of the molecule is CCC(NC(=O)N(C)Cc1ccccc1C)C(=O)O. The molecule has 0 saturated carbocycles. The topological polar surface area (TPSA) is 69.6 Å². The van der Waals surface area contributed by atoms with Crippen molar-refractivity contribution >= 4 is 12.0 Å². The van der Waals surface area contributed by atoms with Crippen LogP contribution in [0.25, 0.3) is 0 Å². The smallest absolute Gasteiger partial charge is 0.326 e. The molecular weight excluding hydrogens is 244 g/mol. The van der Waals surface area contributed by atoms with E-state index in [0.29, 0.717) is 13.0 Å². The summed E-state index contributed by atoms with van der Waals surface area (Å²) < 4.78 is 0. The molecule has 1 aromatic carbocycles. The van der Waals surface area contributed by atoms with Gasteiger partial charge in [-0.05, 0) is 24.5 Å². The molecule has 2 N–H and O–H groups in total. The van der Waals surface area contributed by atoms with E-state index in [0.717, 1.165) is 11.1 Å². The molecule has 1 unspecified atom stereocenters. The zero-order valence-corrected chi connectivity index (χ0v) is 11.5. The average Bonchev–Trinajstić information content (AvgIpc) is 2.37. The Kier molecular flexibility index (Phi) is 5.36. The van der Waals surface area contributed by atoms with Gasteiger partial charge in [0.15, 0.2) is 0 Å². The molecule has 0 fully saturated rings. The lowest BCUT2D eigenvalue weighted by molar-refractivity contribution is -0.139. The van der Waals surface area contributed by atoms with Crippen LogP contribution in [0.15, 0.2) is 24.3 Å². The molecule has 1 rings (SSSR count). The Bertz CT molecular complexity index is 460. The predicted octanol–water partition coefficient (Wildman–Crippen LogP) is 2.00. The molecule has 0 radical (unpaired) electrons. The van der Waals surface area contributed by atoms with E-state index >= 15 is 0 Å². The number of carboxylic acids is 1. The minimum Gasteiger partial charge on any atom is -0.480 e. The van der Waals surface area contributed by atoms with E-state index in [2.05, 4.69) is 5.32 Å². The van der Waals surface area contributed by atoms with Gasteiger partial charge in [-0.1, -0.05) is 31.2 Å². The van der Waals surface area contributed by atoms with Gasteiger partial charge in [-0.3, -0.25) is 0 Å². The molecule has 19 heavy (non-hydrogen) atoms. The van der Waals surface area contributed by atoms with Gasteiger partial charge in [0.05, 0.1) is 0 Å². The highest BCUT2D eigenvalue weighted by molar-refractivity contribution is 5.82. The molecule has 0 aromatic heterocycles. The molecule has 0 heterocycles. The summed E-state index contributed by atoms with van der Waals surface area (Å²) in [4.78, 5) is 24.2. The van der Waals surface area contributed by atoms with Crippen molar-refractivity contribution in [2.24, 2.45) is 0 Å². The van der Waals surface area contributed by atoms with Crippen molar-refractivity contribution in [2.75, 3.05) is 7.05 Å². The minimum atomic E-state index is -1.01. The van der Waals surface area contributed by atoms with Crippen molar-refractivity contribution in [1.29, 1.82) is 0 Å². The van der Waals surface area contributed by atoms with E-state index in [9.17, 15) is 9.59 Å². The summed E-state index contributed by atoms with van der Waals surface area (Å²) >= 11 is 0. The molecule has 0 aliphatic carbocycles. The van der Waals surface area contributed by atoms with E-state index < -0.39 is 12.0 Å². The van der Waals surface area contributed by atoms with Gasteiger partial charge in [0.1, 0.15) is 6.04 Å². The number of urea groups is 1. The number of hydrogen-bond donors (Lipinski definition) is 2. The number of nitrogens with zero attached hydrogens (tertiary/aromatic N) is 1. The monoisotopic (exact) mass is 264 g/mol. The maximum Gasteiger partial charge on any atom is 0.326 e. The zero-order valence-electron chi connectivity index (χ0n) is 11.5. The van der Waals surface area contributed by atoms with Crippen LogP contribution < -0.4 is 5.32 Å². The minimum absolute atomic E-state index is 0.360. The van der Waals surface area contributed by atoms with Crippen molar-refractivity contribution in [3.63, 3.8) is 0 Å². The van der Waals surface area contributed by atoms with E-state index in [4.69, 9.17) is 5.11 Å². The van der Waals surface area contributed by atoms with E-state index in [1.54, 1.807) is 14.0 Å². The molecule has 0 aliphatic heterocycles. The first kappa shape index (κ1) is 15.0. The Balaban J connectivity index is 2.63. The van der Waals surface area contributed by atoms with Crippen LogP contribution in [-0.2, 0) is 11.3 Å². The van der Waals surface area contributed by atoms with Gasteiger partial charge in [0.2, 0.25) is 0 Å². The van der Waals surface area contributed by atoms with Crippen LogP contribution >= 0.6 is 0 Å². The van der Waals surface area contributed by atoms with Gasteiger partial charge in [-0.25, -0.2) is 9.59 Å². The number of benzene rings is 1. The number of hydrogen-bond acceptors (Lipinski definition) is 2. The second-order valence-electron chi connectivity index (χ2n) is 4.53. The fourth-order valence-electron chi connectivity index (χ4n) is 1.71. The molecule has 104 valence electrons. The number of carbonyl (C=O) groups is 2. The number of amides is 2. The summed E-state index contributed by atoms with van der Waals surface area (Å²) in [5.74, 6) is -1.01. The van der Waals surface area contributed by atoms with Crippen LogP contribution in [0.1, 0.15) is 24.5 Å². The van der Waals surface area contributed by atoms with Crippen molar-refractivity contribution in [3.05, 3.63) is 35.4 Å². The van der Waals surface area contributed by atoms with Crippen molar-refractivity contribution < 1.29 is 14.7 Å². The number of carbonyl (C=O) groups excluding carboxylic acids is 1. The largest absolute Gasteiger partial charge is 0.480 e. The van der Waals surface area contributed by atoms with Gasteiger partial charge in [0, 0.05) is 13.6 Å². The number of rotatable bonds is 5. The van der Waals surface area contributed by atoms with Crippen LogP contribution in [-0.4, -0.2) is 35.1 Å². The van der Waals surface area contributed by atoms with Crippen LogP contribution in [0.4, 0.5) is 4.79 Å². The highest BCUT2D eigenvalue weighted by Gasteiger charge is 2.19. The molecule has 0 saturated heterocycles. The third-order valence-electron chi connectivity index (χ3n) is 3.02. The second kappa shape index (κ2) is 6.78. The lowest BCUT2D eigenvalue weighted by atomic mass is 10.1. The normalized spacial score (nSPS) is 11.7. The first-order valence-corrected chi connectivity index (χ1v) is 6.24. The van der Waals surface area contributed by atoms with Gasteiger partial charge < -0.3 is 15.3 Å². The summed E-state index contributed by atoms with van der Waals surface area (Å²) in [7, 11) is 1.65. The molecule has 1 atom stereocenters. The summed E-state index contributed by atoms with van der Waals surface area (Å²) in [6.45, 7) is 4.15. The predicted molar refractivity (Wildman–Crippen MR) is 72.9 cm³/mol. The lowest BCUT2D eigenvalue weighted by Crippen LogP contribution is -2.46. The Morgan fingerprint density at radius 1 is 1.37 bits per heavy atom. The van der Waals surface area contributed by atoms with Gasteiger partial charge >= 0.3 is 12.0 Å².